The summed E-state index contributed by atoms with van der Waals surface area (Å²) in [6, 6.07) is 16.2. The lowest BCUT2D eigenvalue weighted by Crippen LogP contribution is -2.36. The standard InChI is InChI=1S/C22H24N2O3S/c25-28(26,20-9-2-1-3-10-20)21-16-19-7-4-6-18(22(19)23-17-21)8-5-11-24-12-14-27-15-13-24/h1-4,6-7,9-10,16-17H,5,8,11-15H2. The van der Waals surface area contributed by atoms with Crippen LogP contribution in [0.2, 0.25) is 0 Å². The average molecular weight is 397 g/mol. The molecule has 4 rings (SSSR count). The molecule has 28 heavy (non-hydrogen) atoms. The van der Waals surface area contributed by atoms with Crippen LogP contribution in [0.4, 0.5) is 0 Å². The third-order valence-electron chi connectivity index (χ3n) is 5.16. The molecule has 1 aliphatic heterocycles. The van der Waals surface area contributed by atoms with Gasteiger partial charge in [-0.1, -0.05) is 36.4 Å². The quantitative estimate of drug-likeness (QED) is 0.640. The lowest BCUT2D eigenvalue weighted by molar-refractivity contribution is 0.0375. The fraction of sp³-hybridized carbons (Fsp3) is 0.318. The minimum absolute atomic E-state index is 0.233. The zero-order valence-corrected chi connectivity index (χ0v) is 16.6. The van der Waals surface area contributed by atoms with E-state index in [1.807, 2.05) is 12.1 Å². The number of sulfone groups is 1. The molecule has 0 amide bonds. The molecule has 0 aliphatic carbocycles. The molecular weight excluding hydrogens is 372 g/mol. The van der Waals surface area contributed by atoms with Crippen molar-refractivity contribution >= 4 is 20.7 Å². The van der Waals surface area contributed by atoms with E-state index in [0.29, 0.717) is 0 Å². The SMILES string of the molecule is O=S(=O)(c1ccccc1)c1cnc2c(CCCN3CCOCC3)cccc2c1. The molecule has 0 atom stereocenters. The van der Waals surface area contributed by atoms with Crippen molar-refractivity contribution in [1.29, 1.82) is 0 Å². The van der Waals surface area contributed by atoms with Gasteiger partial charge in [-0.15, -0.1) is 0 Å². The fourth-order valence-corrected chi connectivity index (χ4v) is 4.87. The van der Waals surface area contributed by atoms with Crippen molar-refractivity contribution < 1.29 is 13.2 Å². The monoisotopic (exact) mass is 396 g/mol. The van der Waals surface area contributed by atoms with E-state index in [0.717, 1.165) is 62.2 Å². The number of rotatable bonds is 6. The first-order valence-electron chi connectivity index (χ1n) is 9.62. The molecular formula is C22H24N2O3S. The van der Waals surface area contributed by atoms with Crippen LogP contribution in [0.1, 0.15) is 12.0 Å². The van der Waals surface area contributed by atoms with E-state index in [1.165, 1.54) is 6.20 Å². The summed E-state index contributed by atoms with van der Waals surface area (Å²) in [6.45, 7) is 4.66. The lowest BCUT2D eigenvalue weighted by atomic mass is 10.1. The Morgan fingerprint density at radius 2 is 1.75 bits per heavy atom. The fourth-order valence-electron chi connectivity index (χ4n) is 3.61. The van der Waals surface area contributed by atoms with Gasteiger partial charge in [0.25, 0.3) is 0 Å². The average Bonchev–Trinajstić information content (AvgIpc) is 2.75. The zero-order chi connectivity index (χ0) is 19.4. The molecule has 146 valence electrons. The van der Waals surface area contributed by atoms with Crippen LogP contribution in [0.15, 0.2) is 70.6 Å². The maximum atomic E-state index is 12.9. The summed E-state index contributed by atoms with van der Waals surface area (Å²) in [5, 5.41) is 0.862. The summed E-state index contributed by atoms with van der Waals surface area (Å²) < 4.78 is 31.1. The van der Waals surface area contributed by atoms with Crippen LogP contribution in [0, 0.1) is 0 Å². The number of nitrogens with zero attached hydrogens (tertiary/aromatic N) is 2. The van der Waals surface area contributed by atoms with Gasteiger partial charge >= 0.3 is 0 Å². The highest BCUT2D eigenvalue weighted by atomic mass is 32.2. The van der Waals surface area contributed by atoms with Gasteiger partial charge in [0.1, 0.15) is 0 Å². The van der Waals surface area contributed by atoms with Crippen LogP contribution in [0.5, 0.6) is 0 Å². The predicted molar refractivity (Wildman–Crippen MR) is 109 cm³/mol. The minimum Gasteiger partial charge on any atom is -0.379 e. The molecule has 6 heteroatoms. The van der Waals surface area contributed by atoms with Gasteiger partial charge in [-0.05, 0) is 43.1 Å². The molecule has 0 radical (unpaired) electrons. The number of aromatic nitrogens is 1. The zero-order valence-electron chi connectivity index (χ0n) is 15.8. The maximum Gasteiger partial charge on any atom is 0.208 e. The van der Waals surface area contributed by atoms with Crippen molar-refractivity contribution in [2.75, 3.05) is 32.8 Å². The lowest BCUT2D eigenvalue weighted by Gasteiger charge is -2.26. The van der Waals surface area contributed by atoms with Crippen LogP contribution in [0.3, 0.4) is 0 Å². The van der Waals surface area contributed by atoms with Gasteiger partial charge in [0.2, 0.25) is 9.84 Å². The van der Waals surface area contributed by atoms with Crippen LogP contribution >= 0.6 is 0 Å². The van der Waals surface area contributed by atoms with Crippen LogP contribution in [0.25, 0.3) is 10.9 Å². The van der Waals surface area contributed by atoms with Crippen molar-refractivity contribution in [2.24, 2.45) is 0 Å². The van der Waals surface area contributed by atoms with Crippen molar-refractivity contribution in [3.8, 4) is 0 Å². The third-order valence-corrected chi connectivity index (χ3v) is 6.89. The van der Waals surface area contributed by atoms with E-state index in [4.69, 9.17) is 4.74 Å². The highest BCUT2D eigenvalue weighted by Gasteiger charge is 2.18. The van der Waals surface area contributed by atoms with Gasteiger partial charge in [0.15, 0.2) is 0 Å². The molecule has 1 aliphatic rings. The second-order valence-corrected chi connectivity index (χ2v) is 8.98. The number of para-hydroxylation sites is 1. The number of hydrogen-bond acceptors (Lipinski definition) is 5. The predicted octanol–water partition coefficient (Wildman–Crippen LogP) is 3.33. The Bertz CT molecular complexity index is 1050. The Morgan fingerprint density at radius 1 is 0.964 bits per heavy atom. The van der Waals surface area contributed by atoms with Gasteiger partial charge in [-0.25, -0.2) is 8.42 Å². The Labute approximate surface area is 165 Å². The summed E-state index contributed by atoms with van der Waals surface area (Å²) in [6.07, 6.45) is 3.45. The largest absolute Gasteiger partial charge is 0.379 e. The molecule has 1 fully saturated rings. The van der Waals surface area contributed by atoms with E-state index in [2.05, 4.69) is 16.0 Å². The van der Waals surface area contributed by atoms with Crippen molar-refractivity contribution in [3.05, 3.63) is 66.4 Å². The first-order valence-corrected chi connectivity index (χ1v) is 11.1. The maximum absolute atomic E-state index is 12.9. The smallest absolute Gasteiger partial charge is 0.208 e. The molecule has 0 spiro atoms. The van der Waals surface area contributed by atoms with Gasteiger partial charge in [-0.3, -0.25) is 9.88 Å². The van der Waals surface area contributed by atoms with E-state index in [-0.39, 0.29) is 9.79 Å². The highest BCUT2D eigenvalue weighted by Crippen LogP contribution is 2.25. The second kappa shape index (κ2) is 8.39. The van der Waals surface area contributed by atoms with Crippen LogP contribution < -0.4 is 0 Å². The number of aryl methyl sites for hydroxylation is 1. The Morgan fingerprint density at radius 3 is 2.54 bits per heavy atom. The minimum atomic E-state index is -3.56. The van der Waals surface area contributed by atoms with E-state index in [1.54, 1.807) is 36.4 Å². The van der Waals surface area contributed by atoms with Gasteiger partial charge in [-0.2, -0.15) is 0 Å². The Hall–Kier alpha value is -2.28. The van der Waals surface area contributed by atoms with Crippen LogP contribution in [-0.4, -0.2) is 51.1 Å². The summed E-state index contributed by atoms with van der Waals surface area (Å²) in [4.78, 5) is 7.47. The highest BCUT2D eigenvalue weighted by molar-refractivity contribution is 7.91. The Kier molecular flexibility index (Phi) is 5.71. The number of benzene rings is 2. The number of ether oxygens (including phenoxy) is 1. The molecule has 2 heterocycles. The molecule has 1 aromatic heterocycles. The van der Waals surface area contributed by atoms with Crippen molar-refractivity contribution in [3.63, 3.8) is 0 Å². The van der Waals surface area contributed by atoms with Crippen molar-refractivity contribution in [1.82, 2.24) is 9.88 Å². The topological polar surface area (TPSA) is 59.5 Å². The Balaban J connectivity index is 1.54. The first kappa shape index (κ1) is 19.1. The second-order valence-electron chi connectivity index (χ2n) is 7.03. The molecule has 0 N–H and O–H groups in total. The molecule has 2 aromatic carbocycles. The van der Waals surface area contributed by atoms with Crippen molar-refractivity contribution in [2.45, 2.75) is 22.6 Å². The first-order chi connectivity index (χ1) is 13.6. The molecule has 3 aromatic rings. The third kappa shape index (κ3) is 4.09. The normalized spacial score (nSPS) is 15.7. The van der Waals surface area contributed by atoms with Gasteiger partial charge in [0.05, 0.1) is 28.5 Å². The summed E-state index contributed by atoms with van der Waals surface area (Å²) in [5.74, 6) is 0. The number of fused-ring (bicyclic) bond motifs is 1. The van der Waals surface area contributed by atoms with Gasteiger partial charge in [0, 0.05) is 24.7 Å². The van der Waals surface area contributed by atoms with Gasteiger partial charge < -0.3 is 4.74 Å². The molecule has 0 bridgehead atoms. The van der Waals surface area contributed by atoms with E-state index >= 15 is 0 Å². The number of morpholine rings is 1. The van der Waals surface area contributed by atoms with E-state index in [9.17, 15) is 8.42 Å². The molecule has 1 saturated heterocycles. The molecule has 0 saturated carbocycles. The molecule has 5 nitrogen and oxygen atoms in total. The number of hydrogen-bond donors (Lipinski definition) is 0. The summed E-state index contributed by atoms with van der Waals surface area (Å²) in [7, 11) is -3.56. The summed E-state index contributed by atoms with van der Waals surface area (Å²) >= 11 is 0. The summed E-state index contributed by atoms with van der Waals surface area (Å²) in [5.41, 5.74) is 2.05. The number of pyridine rings is 1. The van der Waals surface area contributed by atoms with Crippen LogP contribution in [-0.2, 0) is 21.0 Å². The van der Waals surface area contributed by atoms with E-state index < -0.39 is 9.84 Å². The molecule has 0 unspecified atom stereocenters.